The first-order valence-corrected chi connectivity index (χ1v) is 12.9. The summed E-state index contributed by atoms with van der Waals surface area (Å²) in [4.78, 5) is 26.6. The molecule has 0 radical (unpaired) electrons. The van der Waals surface area contributed by atoms with Crippen molar-refractivity contribution in [1.29, 1.82) is 0 Å². The van der Waals surface area contributed by atoms with Gasteiger partial charge in [0, 0.05) is 42.9 Å². The number of esters is 1. The topological polar surface area (TPSA) is 97.3 Å². The molecule has 8 nitrogen and oxygen atoms in total. The number of benzene rings is 2. The van der Waals surface area contributed by atoms with Crippen molar-refractivity contribution in [3.8, 4) is 11.5 Å². The van der Waals surface area contributed by atoms with Gasteiger partial charge in [-0.3, -0.25) is 9.69 Å². The van der Waals surface area contributed by atoms with Crippen molar-refractivity contribution in [2.45, 2.75) is 31.5 Å². The van der Waals surface area contributed by atoms with E-state index in [1.807, 2.05) is 18.2 Å². The van der Waals surface area contributed by atoms with Crippen LogP contribution in [0, 0.1) is 11.8 Å². The number of ether oxygens (including phenoxy) is 3. The van der Waals surface area contributed by atoms with Gasteiger partial charge in [0.25, 0.3) is 5.91 Å². The van der Waals surface area contributed by atoms with Crippen LogP contribution in [0.1, 0.15) is 39.1 Å². The van der Waals surface area contributed by atoms with E-state index in [2.05, 4.69) is 34.5 Å². The second kappa shape index (κ2) is 12.8. The Labute approximate surface area is 223 Å². The predicted molar refractivity (Wildman–Crippen MR) is 144 cm³/mol. The van der Waals surface area contributed by atoms with Gasteiger partial charge in [-0.1, -0.05) is 30.4 Å². The van der Waals surface area contributed by atoms with Gasteiger partial charge in [0.05, 0.1) is 33.0 Å². The lowest BCUT2D eigenvalue weighted by molar-refractivity contribution is 0.0600. The monoisotopic (exact) mass is 520 g/mol. The molecule has 2 aliphatic rings. The Bertz CT molecular complexity index is 1160. The van der Waals surface area contributed by atoms with Crippen LogP contribution in [-0.4, -0.2) is 68.4 Å². The number of aliphatic hydroxyl groups is 1. The van der Waals surface area contributed by atoms with E-state index < -0.39 is 12.1 Å². The molecule has 0 heterocycles. The van der Waals surface area contributed by atoms with E-state index >= 15 is 0 Å². The van der Waals surface area contributed by atoms with E-state index in [-0.39, 0.29) is 18.5 Å². The fourth-order valence-electron chi connectivity index (χ4n) is 5.30. The Balaban J connectivity index is 1.42. The third-order valence-corrected chi connectivity index (χ3v) is 7.36. The Morgan fingerprint density at radius 1 is 0.974 bits per heavy atom. The molecule has 4 rings (SSSR count). The zero-order valence-electron chi connectivity index (χ0n) is 22.1. The summed E-state index contributed by atoms with van der Waals surface area (Å²) in [6.07, 6.45) is 10.0. The summed E-state index contributed by atoms with van der Waals surface area (Å²) in [5.41, 5.74) is 1.79. The number of hydrogen-bond donors (Lipinski definition) is 2. The van der Waals surface area contributed by atoms with Gasteiger partial charge in [0.1, 0.15) is 11.5 Å². The molecular weight excluding hydrogens is 484 g/mol. The van der Waals surface area contributed by atoms with Crippen LogP contribution in [0.4, 0.5) is 0 Å². The molecule has 8 heteroatoms. The summed E-state index contributed by atoms with van der Waals surface area (Å²) >= 11 is 0. The molecule has 3 unspecified atom stereocenters. The van der Waals surface area contributed by atoms with E-state index in [0.717, 1.165) is 29.9 Å². The largest absolute Gasteiger partial charge is 0.497 e. The maximum atomic E-state index is 12.7. The normalized spacial score (nSPS) is 20.6. The maximum Gasteiger partial charge on any atom is 0.337 e. The number of allylic oxidation sites excluding steroid dienone is 4. The van der Waals surface area contributed by atoms with Gasteiger partial charge in [-0.05, 0) is 55.0 Å². The summed E-state index contributed by atoms with van der Waals surface area (Å²) < 4.78 is 15.7. The first-order valence-electron chi connectivity index (χ1n) is 12.9. The molecule has 38 heavy (non-hydrogen) atoms. The Morgan fingerprint density at radius 3 is 2.24 bits per heavy atom. The van der Waals surface area contributed by atoms with Crippen LogP contribution in [0.15, 0.2) is 66.8 Å². The molecule has 1 amide bonds. The van der Waals surface area contributed by atoms with Gasteiger partial charge in [-0.15, -0.1) is 0 Å². The number of hydrogen-bond acceptors (Lipinski definition) is 7. The summed E-state index contributed by atoms with van der Waals surface area (Å²) in [7, 11) is 4.58. The molecule has 0 aliphatic heterocycles. The quantitative estimate of drug-likeness (QED) is 0.437. The molecule has 0 spiro atoms. The second-order valence-corrected chi connectivity index (χ2v) is 9.76. The van der Waals surface area contributed by atoms with Crippen LogP contribution in [-0.2, 0) is 11.3 Å². The van der Waals surface area contributed by atoms with Gasteiger partial charge in [-0.2, -0.15) is 0 Å². The number of amides is 1. The molecule has 1 fully saturated rings. The SMILES string of the molecule is COC(=O)c1ccc(C(=O)NCC(O)CN(Cc2ccc(OC)cc2OC)C2CC3C=CC=CC3C2)cc1. The highest BCUT2D eigenvalue weighted by atomic mass is 16.5. The molecule has 0 aromatic heterocycles. The summed E-state index contributed by atoms with van der Waals surface area (Å²) in [6.45, 7) is 1.10. The zero-order chi connectivity index (χ0) is 27.1. The van der Waals surface area contributed by atoms with E-state index in [4.69, 9.17) is 14.2 Å². The van der Waals surface area contributed by atoms with Gasteiger partial charge < -0.3 is 24.6 Å². The summed E-state index contributed by atoms with van der Waals surface area (Å²) in [6, 6.07) is 12.3. The van der Waals surface area contributed by atoms with Crippen LogP contribution in [0.3, 0.4) is 0 Å². The van der Waals surface area contributed by atoms with E-state index in [9.17, 15) is 14.7 Å². The molecule has 2 N–H and O–H groups in total. The van der Waals surface area contributed by atoms with Crippen LogP contribution in [0.5, 0.6) is 11.5 Å². The zero-order valence-corrected chi connectivity index (χ0v) is 22.1. The maximum absolute atomic E-state index is 12.7. The number of nitrogens with one attached hydrogen (secondary N) is 1. The number of methoxy groups -OCH3 is 3. The molecule has 2 aromatic carbocycles. The standard InChI is InChI=1S/C30H36N2O6/c1-36-27-13-12-24(28(16-27)37-2)18-32(25-14-22-6-4-5-7-23(22)15-25)19-26(33)17-31-29(34)20-8-10-21(11-9-20)30(35)38-3/h4-13,16,22-23,25-26,33H,14-15,17-19H2,1-3H3,(H,31,34). The molecule has 1 saturated carbocycles. The smallest absolute Gasteiger partial charge is 0.337 e. The average molecular weight is 521 g/mol. The van der Waals surface area contributed by atoms with Crippen molar-refractivity contribution in [3.05, 3.63) is 83.5 Å². The number of nitrogens with zero attached hydrogens (tertiary/aromatic N) is 1. The van der Waals surface area contributed by atoms with Crippen LogP contribution in [0.2, 0.25) is 0 Å². The fourth-order valence-corrected chi connectivity index (χ4v) is 5.30. The molecular formula is C30H36N2O6. The Hall–Kier alpha value is -3.62. The lowest BCUT2D eigenvalue weighted by Gasteiger charge is -2.31. The lowest BCUT2D eigenvalue weighted by atomic mass is 9.92. The van der Waals surface area contributed by atoms with E-state index in [1.165, 1.54) is 7.11 Å². The average Bonchev–Trinajstić information content (AvgIpc) is 3.39. The highest BCUT2D eigenvalue weighted by Gasteiger charge is 2.36. The number of fused-ring (bicyclic) bond motifs is 1. The molecule has 3 atom stereocenters. The molecule has 0 saturated heterocycles. The van der Waals surface area contributed by atoms with Crippen molar-refractivity contribution < 1.29 is 28.9 Å². The van der Waals surface area contributed by atoms with Crippen molar-refractivity contribution in [2.75, 3.05) is 34.4 Å². The van der Waals surface area contributed by atoms with Crippen molar-refractivity contribution in [3.63, 3.8) is 0 Å². The fraction of sp³-hybridized carbons (Fsp3) is 0.400. The number of aliphatic hydroxyl groups excluding tert-OH is 1. The Morgan fingerprint density at radius 2 is 1.63 bits per heavy atom. The number of rotatable bonds is 11. The van der Waals surface area contributed by atoms with Crippen molar-refractivity contribution in [1.82, 2.24) is 10.2 Å². The van der Waals surface area contributed by atoms with Crippen LogP contribution < -0.4 is 14.8 Å². The van der Waals surface area contributed by atoms with Crippen LogP contribution in [0.25, 0.3) is 0 Å². The van der Waals surface area contributed by atoms with Crippen LogP contribution >= 0.6 is 0 Å². The third-order valence-electron chi connectivity index (χ3n) is 7.36. The van der Waals surface area contributed by atoms with E-state index in [1.54, 1.807) is 38.5 Å². The third kappa shape index (κ3) is 6.62. The molecule has 202 valence electrons. The van der Waals surface area contributed by atoms with Gasteiger partial charge in [-0.25, -0.2) is 4.79 Å². The summed E-state index contributed by atoms with van der Waals surface area (Å²) in [5, 5.41) is 13.8. The minimum Gasteiger partial charge on any atom is -0.497 e. The number of carbonyl (C=O) groups is 2. The molecule has 2 aromatic rings. The highest BCUT2D eigenvalue weighted by Crippen LogP contribution is 2.39. The minimum atomic E-state index is -0.772. The first-order chi connectivity index (χ1) is 18.4. The van der Waals surface area contributed by atoms with Gasteiger partial charge in [0.15, 0.2) is 0 Å². The molecule has 2 aliphatic carbocycles. The second-order valence-electron chi connectivity index (χ2n) is 9.76. The van der Waals surface area contributed by atoms with Gasteiger partial charge in [0.2, 0.25) is 0 Å². The molecule has 0 bridgehead atoms. The van der Waals surface area contributed by atoms with E-state index in [0.29, 0.717) is 36.1 Å². The Kier molecular flexibility index (Phi) is 9.20. The highest BCUT2D eigenvalue weighted by molar-refractivity contribution is 5.96. The first kappa shape index (κ1) is 27.4. The van der Waals surface area contributed by atoms with Crippen molar-refractivity contribution in [2.24, 2.45) is 11.8 Å². The predicted octanol–water partition coefficient (Wildman–Crippen LogP) is 3.60. The summed E-state index contributed by atoms with van der Waals surface area (Å²) in [5.74, 6) is 1.68. The lowest BCUT2D eigenvalue weighted by Crippen LogP contribution is -2.43. The van der Waals surface area contributed by atoms with Gasteiger partial charge >= 0.3 is 5.97 Å². The van der Waals surface area contributed by atoms with Crippen molar-refractivity contribution >= 4 is 11.9 Å². The minimum absolute atomic E-state index is 0.104. The number of carbonyl (C=O) groups excluding carboxylic acids is 2.